The van der Waals surface area contributed by atoms with E-state index >= 15 is 0 Å². The predicted molar refractivity (Wildman–Crippen MR) is 52.2 cm³/mol. The van der Waals surface area contributed by atoms with Crippen LogP contribution < -0.4 is 0 Å². The molecule has 1 rings (SSSR count). The van der Waals surface area contributed by atoms with E-state index in [1.54, 1.807) is 4.68 Å². The van der Waals surface area contributed by atoms with Gasteiger partial charge in [-0.2, -0.15) is 10.4 Å². The summed E-state index contributed by atoms with van der Waals surface area (Å²) < 4.78 is 1.73. The van der Waals surface area contributed by atoms with Crippen molar-refractivity contribution in [2.75, 3.05) is 6.54 Å². The number of aryl methyl sites for hydroxylation is 1. The lowest BCUT2D eigenvalue weighted by Gasteiger charge is -2.22. The van der Waals surface area contributed by atoms with Gasteiger partial charge in [0.15, 0.2) is 0 Å². The van der Waals surface area contributed by atoms with Crippen LogP contribution in [0.15, 0.2) is 6.33 Å². The molecule has 0 aliphatic heterocycles. The Morgan fingerprint density at radius 2 is 2.36 bits per heavy atom. The predicted octanol–water partition coefficient (Wildman–Crippen LogP) is 0.549. The molecule has 0 spiro atoms. The van der Waals surface area contributed by atoms with Crippen LogP contribution >= 0.6 is 0 Å². The number of nitriles is 1. The highest BCUT2D eigenvalue weighted by Crippen LogP contribution is 2.03. The van der Waals surface area contributed by atoms with Gasteiger partial charge in [-0.15, -0.1) is 0 Å². The number of aromatic nitrogens is 3. The van der Waals surface area contributed by atoms with Crippen molar-refractivity contribution in [1.29, 1.82) is 5.26 Å². The summed E-state index contributed by atoms with van der Waals surface area (Å²) in [6.45, 7) is 5.22. The molecule has 0 aliphatic carbocycles. The fraction of sp³-hybridized carbons (Fsp3) is 0.667. The molecule has 0 aromatic carbocycles. The van der Waals surface area contributed by atoms with E-state index in [1.807, 2.05) is 11.9 Å². The Morgan fingerprint density at radius 1 is 1.64 bits per heavy atom. The van der Waals surface area contributed by atoms with Gasteiger partial charge in [-0.05, 0) is 13.8 Å². The van der Waals surface area contributed by atoms with Crippen LogP contribution in [0.1, 0.15) is 19.7 Å². The number of hydrogen-bond donors (Lipinski definition) is 0. The molecule has 0 aliphatic rings. The molecule has 76 valence electrons. The van der Waals surface area contributed by atoms with Crippen molar-refractivity contribution < 1.29 is 0 Å². The summed E-state index contributed by atoms with van der Waals surface area (Å²) in [7, 11) is 1.85. The summed E-state index contributed by atoms with van der Waals surface area (Å²) in [6, 6.07) is 2.49. The highest BCUT2D eigenvalue weighted by Gasteiger charge is 2.12. The van der Waals surface area contributed by atoms with E-state index in [4.69, 9.17) is 5.26 Å². The Balaban J connectivity index is 2.65. The lowest BCUT2D eigenvalue weighted by atomic mass is 10.3. The van der Waals surface area contributed by atoms with Gasteiger partial charge in [0.2, 0.25) is 0 Å². The van der Waals surface area contributed by atoms with Crippen LogP contribution in [0.25, 0.3) is 0 Å². The second kappa shape index (κ2) is 4.72. The summed E-state index contributed by atoms with van der Waals surface area (Å²) in [5.74, 6) is 0.883. The van der Waals surface area contributed by atoms with Gasteiger partial charge in [0.1, 0.15) is 12.2 Å². The van der Waals surface area contributed by atoms with Crippen LogP contribution in [-0.2, 0) is 13.6 Å². The summed E-state index contributed by atoms with van der Waals surface area (Å²) >= 11 is 0. The van der Waals surface area contributed by atoms with Crippen LogP contribution in [-0.4, -0.2) is 32.3 Å². The zero-order chi connectivity index (χ0) is 10.6. The molecular weight excluding hydrogens is 178 g/mol. The zero-order valence-corrected chi connectivity index (χ0v) is 8.80. The number of nitrogens with zero attached hydrogens (tertiary/aromatic N) is 5. The van der Waals surface area contributed by atoms with Gasteiger partial charge in [0.25, 0.3) is 0 Å². The van der Waals surface area contributed by atoms with E-state index in [0.717, 1.165) is 5.82 Å². The van der Waals surface area contributed by atoms with Crippen LogP contribution in [0.4, 0.5) is 0 Å². The molecule has 0 unspecified atom stereocenters. The minimum absolute atomic E-state index is 0.339. The molecule has 14 heavy (non-hydrogen) atoms. The number of rotatable bonds is 4. The van der Waals surface area contributed by atoms with E-state index in [0.29, 0.717) is 19.1 Å². The fourth-order valence-electron chi connectivity index (χ4n) is 1.16. The molecule has 0 fully saturated rings. The second-order valence-electron chi connectivity index (χ2n) is 3.46. The average molecular weight is 193 g/mol. The Kier molecular flexibility index (Phi) is 3.60. The maximum absolute atomic E-state index is 8.65. The van der Waals surface area contributed by atoms with Crippen molar-refractivity contribution in [3.05, 3.63) is 12.2 Å². The normalized spacial score (nSPS) is 10.9. The molecule has 1 heterocycles. The van der Waals surface area contributed by atoms with Gasteiger partial charge in [-0.3, -0.25) is 9.58 Å². The highest BCUT2D eigenvalue weighted by molar-refractivity contribution is 4.87. The fourth-order valence-corrected chi connectivity index (χ4v) is 1.16. The summed E-state index contributed by atoms with van der Waals surface area (Å²) in [5.41, 5.74) is 0. The first-order chi connectivity index (χ1) is 6.65. The monoisotopic (exact) mass is 193 g/mol. The first kappa shape index (κ1) is 10.7. The van der Waals surface area contributed by atoms with Gasteiger partial charge >= 0.3 is 0 Å². The van der Waals surface area contributed by atoms with Crippen molar-refractivity contribution in [2.45, 2.75) is 26.4 Å². The first-order valence-corrected chi connectivity index (χ1v) is 4.59. The second-order valence-corrected chi connectivity index (χ2v) is 3.46. The SMILES string of the molecule is CC(C)N(CC#N)Cc1ncnn1C. The Morgan fingerprint density at radius 3 is 2.79 bits per heavy atom. The molecule has 1 aromatic heterocycles. The standard InChI is InChI=1S/C9H15N5/c1-8(2)14(5-4-10)6-9-11-7-12-13(9)3/h7-8H,5-6H2,1-3H3. The lowest BCUT2D eigenvalue weighted by molar-refractivity contribution is 0.231. The average Bonchev–Trinajstić information content (AvgIpc) is 2.51. The molecule has 5 heteroatoms. The number of hydrogen-bond acceptors (Lipinski definition) is 4. The molecule has 0 amide bonds. The summed E-state index contributed by atoms with van der Waals surface area (Å²) in [4.78, 5) is 6.17. The van der Waals surface area contributed by atoms with Crippen molar-refractivity contribution in [3.63, 3.8) is 0 Å². The van der Waals surface area contributed by atoms with Crippen LogP contribution in [0.2, 0.25) is 0 Å². The van der Waals surface area contributed by atoms with E-state index in [9.17, 15) is 0 Å². The maximum atomic E-state index is 8.65. The Bertz CT molecular complexity index is 322. The van der Waals surface area contributed by atoms with Crippen molar-refractivity contribution in [1.82, 2.24) is 19.7 Å². The zero-order valence-electron chi connectivity index (χ0n) is 8.80. The minimum Gasteiger partial charge on any atom is -0.281 e. The van der Waals surface area contributed by atoms with Crippen molar-refractivity contribution in [3.8, 4) is 6.07 Å². The topological polar surface area (TPSA) is 57.7 Å². The molecule has 0 N–H and O–H groups in total. The highest BCUT2D eigenvalue weighted by atomic mass is 15.3. The smallest absolute Gasteiger partial charge is 0.140 e. The van der Waals surface area contributed by atoms with Gasteiger partial charge < -0.3 is 0 Å². The molecule has 1 aromatic rings. The third-order valence-electron chi connectivity index (χ3n) is 2.15. The van der Waals surface area contributed by atoms with Gasteiger partial charge in [-0.25, -0.2) is 4.98 Å². The first-order valence-electron chi connectivity index (χ1n) is 4.59. The quantitative estimate of drug-likeness (QED) is 0.655. The van der Waals surface area contributed by atoms with Crippen molar-refractivity contribution in [2.24, 2.45) is 7.05 Å². The molecule has 0 saturated heterocycles. The molecular formula is C9H15N5. The molecule has 0 radical (unpaired) electrons. The lowest BCUT2D eigenvalue weighted by Crippen LogP contribution is -2.31. The van der Waals surface area contributed by atoms with Gasteiger partial charge in [0, 0.05) is 13.1 Å². The van der Waals surface area contributed by atoms with E-state index in [1.165, 1.54) is 6.33 Å². The Hall–Kier alpha value is -1.41. The summed E-state index contributed by atoms with van der Waals surface area (Å²) in [6.07, 6.45) is 1.53. The molecule has 0 bridgehead atoms. The third kappa shape index (κ3) is 2.54. The van der Waals surface area contributed by atoms with E-state index in [2.05, 4.69) is 30.0 Å². The van der Waals surface area contributed by atoms with Crippen LogP contribution in [0.3, 0.4) is 0 Å². The van der Waals surface area contributed by atoms with Crippen LogP contribution in [0, 0.1) is 11.3 Å². The molecule has 0 atom stereocenters. The summed E-state index contributed by atoms with van der Waals surface area (Å²) in [5, 5.41) is 12.6. The molecule has 5 nitrogen and oxygen atoms in total. The Labute approximate surface area is 84.0 Å². The van der Waals surface area contributed by atoms with Gasteiger partial charge in [0.05, 0.1) is 19.2 Å². The van der Waals surface area contributed by atoms with Crippen molar-refractivity contribution >= 4 is 0 Å². The van der Waals surface area contributed by atoms with Crippen LogP contribution in [0.5, 0.6) is 0 Å². The van der Waals surface area contributed by atoms with E-state index in [-0.39, 0.29) is 0 Å². The van der Waals surface area contributed by atoms with E-state index < -0.39 is 0 Å². The largest absolute Gasteiger partial charge is 0.281 e. The third-order valence-corrected chi connectivity index (χ3v) is 2.15. The minimum atomic E-state index is 0.339. The van der Waals surface area contributed by atoms with Gasteiger partial charge in [-0.1, -0.05) is 0 Å². The molecule has 0 saturated carbocycles. The maximum Gasteiger partial charge on any atom is 0.140 e.